The maximum atomic E-state index is 14.9. The Morgan fingerprint density at radius 1 is 0.625 bits per heavy atom. The van der Waals surface area contributed by atoms with Gasteiger partial charge in [0.25, 0.3) is 0 Å². The molecular formula is C66H104F6N12O12. The molecule has 0 saturated carbocycles. The maximum Gasteiger partial charge on any atom is 0.419 e. The van der Waals surface area contributed by atoms with Crippen molar-refractivity contribution in [1.29, 1.82) is 0 Å². The van der Waals surface area contributed by atoms with E-state index in [0.29, 0.717) is 44.5 Å². The van der Waals surface area contributed by atoms with Crippen LogP contribution in [-0.2, 0) is 70.1 Å². The minimum absolute atomic E-state index is 0.00735. The van der Waals surface area contributed by atoms with Gasteiger partial charge >= 0.3 is 6.18 Å². The van der Waals surface area contributed by atoms with E-state index in [1.807, 2.05) is 13.8 Å². The topological polar surface area (TPSA) is 288 Å². The van der Waals surface area contributed by atoms with Crippen molar-refractivity contribution in [3.8, 4) is 0 Å². The number of hydrogen-bond acceptors (Lipinski definition) is 12. The zero-order valence-electron chi connectivity index (χ0n) is 58.7. The molecule has 0 aromatic heterocycles. The number of halogens is 6. The highest BCUT2D eigenvalue weighted by molar-refractivity contribution is 6.00. The van der Waals surface area contributed by atoms with E-state index in [-0.39, 0.29) is 68.3 Å². The Bertz CT molecular complexity index is 2890. The Morgan fingerprint density at radius 3 is 1.68 bits per heavy atom. The fraction of sp³-hybridized carbons (Fsp3) is 0.727. The number of alkyl halides is 5. The molecule has 1 aromatic rings. The molecule has 5 N–H and O–H groups in total. The zero-order valence-corrected chi connectivity index (χ0v) is 58.7. The number of aryl methyl sites for hydroxylation is 1. The molecule has 30 heteroatoms. The molecule has 0 aliphatic carbocycles. The number of benzene rings is 1. The summed E-state index contributed by atoms with van der Waals surface area (Å²) in [4.78, 5) is 181. The van der Waals surface area contributed by atoms with Crippen LogP contribution in [0.25, 0.3) is 0 Å². The number of likely N-dealkylation sites (tertiary alicyclic amines) is 1. The van der Waals surface area contributed by atoms with Crippen molar-refractivity contribution in [3.63, 3.8) is 0 Å². The van der Waals surface area contributed by atoms with E-state index < -0.39 is 188 Å². The first kappa shape index (κ1) is 82.7. The minimum Gasteiger partial charge on any atom is -0.345 e. The highest BCUT2D eigenvalue weighted by Gasteiger charge is 2.44. The van der Waals surface area contributed by atoms with Crippen LogP contribution < -0.4 is 26.6 Å². The number of nitrogens with one attached hydrogen (secondary N) is 5. The number of unbranched alkanes of at least 4 members (excludes halogenated alkanes) is 1. The second-order valence-corrected chi connectivity index (χ2v) is 27.4. The molecular weight excluding hydrogens is 1270 g/mol. The van der Waals surface area contributed by atoms with Crippen molar-refractivity contribution in [2.24, 2.45) is 23.7 Å². The first-order valence-corrected chi connectivity index (χ1v) is 33.0. The lowest BCUT2D eigenvalue weighted by atomic mass is 9.95. The zero-order chi connectivity index (χ0) is 73.0. The van der Waals surface area contributed by atoms with Crippen LogP contribution in [0, 0.1) is 29.5 Å². The van der Waals surface area contributed by atoms with Crippen LogP contribution in [0.4, 0.5) is 26.3 Å². The first-order chi connectivity index (χ1) is 44.5. The van der Waals surface area contributed by atoms with E-state index in [0.717, 1.165) is 35.5 Å². The van der Waals surface area contributed by atoms with Gasteiger partial charge in [0.2, 0.25) is 77.3 Å². The SMILES string of the molecule is CC[C@H](C)[C@@H]1NC(=O)[C@H](CC(C)C)N(C)C(=O)C[C@@H](C(=O)N2CCCC2)NC(=O)[C@H](CC(C)C)N(C)C(=O)C(C)(C)NC(=O)[C@H](CC(C)C)N(C)C(=O)[C@H](CCc2ccc(C(F)(F)F)c(F)c2)NC(=O)CN(C)C(=O)[C@H](CCCCC(F)F)N(C)C(=O)CNC(=O)CN(C)C1=O. The fourth-order valence-corrected chi connectivity index (χ4v) is 11.6. The Morgan fingerprint density at radius 2 is 1.15 bits per heavy atom. The van der Waals surface area contributed by atoms with Crippen LogP contribution >= 0.6 is 0 Å². The quantitative estimate of drug-likeness (QED) is 0.106. The molecule has 96 heavy (non-hydrogen) atoms. The number of likely N-dealkylation sites (N-methyl/N-ethyl adjacent to an activating group) is 6. The van der Waals surface area contributed by atoms with Gasteiger partial charge in [-0.15, -0.1) is 0 Å². The van der Waals surface area contributed by atoms with Crippen LogP contribution in [0.15, 0.2) is 18.2 Å². The number of rotatable bonds is 17. The molecule has 24 nitrogen and oxygen atoms in total. The van der Waals surface area contributed by atoms with Crippen molar-refractivity contribution in [2.45, 2.75) is 213 Å². The van der Waals surface area contributed by atoms with Crippen molar-refractivity contribution in [3.05, 3.63) is 35.1 Å². The van der Waals surface area contributed by atoms with Crippen LogP contribution in [0.2, 0.25) is 0 Å². The largest absolute Gasteiger partial charge is 0.419 e. The van der Waals surface area contributed by atoms with Crippen molar-refractivity contribution >= 4 is 70.9 Å². The third-order valence-electron chi connectivity index (χ3n) is 17.6. The van der Waals surface area contributed by atoms with E-state index >= 15 is 0 Å². The molecule has 0 radical (unpaired) electrons. The van der Waals surface area contributed by atoms with Gasteiger partial charge in [-0.3, -0.25) is 57.5 Å². The van der Waals surface area contributed by atoms with Gasteiger partial charge in [0, 0.05) is 61.8 Å². The van der Waals surface area contributed by atoms with E-state index in [1.54, 1.807) is 41.5 Å². The lowest BCUT2D eigenvalue weighted by Gasteiger charge is -2.38. The van der Waals surface area contributed by atoms with Gasteiger partial charge in [-0.05, 0) is 113 Å². The minimum atomic E-state index is -5.05. The summed E-state index contributed by atoms with van der Waals surface area (Å²) in [6.07, 6.45) is -8.37. The molecule has 0 spiro atoms. The normalized spacial score (nSPS) is 23.8. The Kier molecular flexibility index (Phi) is 32.1. The van der Waals surface area contributed by atoms with E-state index in [2.05, 4.69) is 26.6 Å². The molecule has 2 saturated heterocycles. The lowest BCUT2D eigenvalue weighted by molar-refractivity contribution is -0.149. The van der Waals surface area contributed by atoms with Crippen LogP contribution in [-0.4, -0.2) is 234 Å². The van der Waals surface area contributed by atoms with Crippen LogP contribution in [0.3, 0.4) is 0 Å². The highest BCUT2D eigenvalue weighted by Crippen LogP contribution is 2.32. The monoisotopic (exact) mass is 1370 g/mol. The van der Waals surface area contributed by atoms with Crippen LogP contribution in [0.1, 0.15) is 157 Å². The first-order valence-electron chi connectivity index (χ1n) is 33.0. The molecule has 2 fully saturated rings. The number of carbonyl (C=O) groups excluding carboxylic acids is 12. The van der Waals surface area contributed by atoms with Crippen LogP contribution in [0.5, 0.6) is 0 Å². The number of hydrogen-bond donors (Lipinski definition) is 5. The van der Waals surface area contributed by atoms with Crippen molar-refractivity contribution in [1.82, 2.24) is 60.9 Å². The summed E-state index contributed by atoms with van der Waals surface area (Å²) in [6, 6.07) is -7.75. The second kappa shape index (κ2) is 37.2. The van der Waals surface area contributed by atoms with E-state index in [4.69, 9.17) is 0 Å². The summed E-state index contributed by atoms with van der Waals surface area (Å²) in [5, 5.41) is 13.2. The lowest BCUT2D eigenvalue weighted by Crippen LogP contribution is -2.63. The third kappa shape index (κ3) is 24.5. The molecule has 0 unspecified atom stereocenters. The van der Waals surface area contributed by atoms with E-state index in [9.17, 15) is 83.9 Å². The Balaban J connectivity index is 2.28. The summed E-state index contributed by atoms with van der Waals surface area (Å²) in [6.45, 7) is 15.2. The molecule has 2 aliphatic heterocycles. The summed E-state index contributed by atoms with van der Waals surface area (Å²) < 4.78 is 82.4. The van der Waals surface area contributed by atoms with E-state index in [1.165, 1.54) is 61.0 Å². The molecule has 3 rings (SSSR count). The van der Waals surface area contributed by atoms with Crippen molar-refractivity contribution < 1.29 is 83.9 Å². The van der Waals surface area contributed by atoms with Gasteiger partial charge in [0.1, 0.15) is 53.6 Å². The summed E-state index contributed by atoms with van der Waals surface area (Å²) in [7, 11) is 7.59. The van der Waals surface area contributed by atoms with Gasteiger partial charge in [0.15, 0.2) is 0 Å². The molecule has 0 bridgehead atoms. The molecule has 1 aromatic carbocycles. The Hall–Kier alpha value is -7.56. The maximum absolute atomic E-state index is 14.9. The molecule has 542 valence electrons. The number of nitrogens with zero attached hydrogens (tertiary/aromatic N) is 7. The van der Waals surface area contributed by atoms with Gasteiger partial charge in [-0.2, -0.15) is 13.2 Å². The van der Waals surface area contributed by atoms with Crippen molar-refractivity contribution in [2.75, 3.05) is 75.0 Å². The summed E-state index contributed by atoms with van der Waals surface area (Å²) in [5.41, 5.74) is -3.45. The van der Waals surface area contributed by atoms with Gasteiger partial charge in [-0.1, -0.05) is 74.3 Å². The predicted octanol–water partition coefficient (Wildman–Crippen LogP) is 4.50. The molecule has 8 atom stereocenters. The standard InChI is InChI=1S/C66H104F6N12O12/c1-17-41(8)56-63(95)79(12)36-52(85)73-35-55(88)80(13)47(22-18-19-23-51(68)69)62(94)78(11)37-53(86)74-45(27-25-42-24-26-43(44(67)33-42)66(70,71)72)60(92)82(15)50(32-40(6)7)59(91)77-65(9,10)64(96)83(16)49(31-39(4)5)57(89)75-46(61(93)84-28-20-21-29-84)34-54(87)81(14)48(30-38(2)3)58(90)76-56/h24,26,33,38-41,45-51,56H,17-23,25,27-32,34-37H2,1-16H3,(H,73,85)(H,74,86)(H,75,89)(H,76,90)(H,77,91)/t41-,45-,46-,47-,48-,49-,50-,56-/m0/s1. The average Bonchev–Trinajstić information content (AvgIpc) is 1.13. The van der Waals surface area contributed by atoms with Gasteiger partial charge < -0.3 is 60.9 Å². The summed E-state index contributed by atoms with van der Waals surface area (Å²) in [5.74, 6) is -12.9. The molecule has 12 amide bonds. The van der Waals surface area contributed by atoms with Gasteiger partial charge in [0.05, 0.1) is 31.6 Å². The average molecular weight is 1370 g/mol. The number of carbonyl (C=O) groups is 12. The summed E-state index contributed by atoms with van der Waals surface area (Å²) >= 11 is 0. The molecule has 2 heterocycles. The fourth-order valence-electron chi connectivity index (χ4n) is 11.6. The Labute approximate surface area is 560 Å². The van der Waals surface area contributed by atoms with Gasteiger partial charge in [-0.25, -0.2) is 13.2 Å². The smallest absolute Gasteiger partial charge is 0.345 e. The number of amides is 12. The third-order valence-corrected chi connectivity index (χ3v) is 17.6. The predicted molar refractivity (Wildman–Crippen MR) is 345 cm³/mol. The highest BCUT2D eigenvalue weighted by atomic mass is 19.4. The second-order valence-electron chi connectivity index (χ2n) is 27.4. The molecule has 2 aliphatic rings.